The molecule has 5 rings (SSSR count). The molecular weight excluding hydrogens is 737 g/mol. The monoisotopic (exact) mass is 762 g/mol. The zero-order valence-corrected chi connectivity index (χ0v) is 26.1. The Morgan fingerprint density at radius 2 is 1.72 bits per heavy atom. The van der Waals surface area contributed by atoms with Crippen molar-refractivity contribution in [2.75, 3.05) is 19.3 Å². The third-order valence-corrected chi connectivity index (χ3v) is 9.51. The molecule has 3 aromatic rings. The van der Waals surface area contributed by atoms with Crippen molar-refractivity contribution in [2.45, 2.75) is 50.4 Å². The summed E-state index contributed by atoms with van der Waals surface area (Å²) in [5, 5.41) is 12.7. The predicted molar refractivity (Wildman–Crippen MR) is 154 cm³/mol. The van der Waals surface area contributed by atoms with E-state index in [2.05, 4.69) is 38.3 Å². The number of halogens is 7. The number of alkyl halides is 6. The number of fused-ring (bicyclic) bond motifs is 1. The summed E-state index contributed by atoms with van der Waals surface area (Å²) in [6.45, 7) is 1.76. The second-order valence-corrected chi connectivity index (χ2v) is 13.7. The van der Waals surface area contributed by atoms with Crippen LogP contribution in [0.2, 0.25) is 0 Å². The van der Waals surface area contributed by atoms with Crippen LogP contribution >= 0.6 is 33.9 Å². The van der Waals surface area contributed by atoms with Crippen LogP contribution in [0.5, 0.6) is 5.75 Å². The summed E-state index contributed by atoms with van der Waals surface area (Å²) in [6, 6.07) is 3.43. The molecule has 43 heavy (non-hydrogen) atoms. The molecule has 0 radical (unpaired) electrons. The Labute approximate surface area is 260 Å². The summed E-state index contributed by atoms with van der Waals surface area (Å²) in [5.74, 6) is 0.380. The number of piperidine rings is 1. The van der Waals surface area contributed by atoms with Crippen LogP contribution in [0.1, 0.15) is 58.1 Å². The van der Waals surface area contributed by atoms with E-state index < -0.39 is 33.9 Å². The van der Waals surface area contributed by atoms with Gasteiger partial charge in [0.15, 0.2) is 5.69 Å². The molecule has 2 N–H and O–H groups in total. The van der Waals surface area contributed by atoms with Crippen molar-refractivity contribution in [1.82, 2.24) is 30.3 Å². The largest absolute Gasteiger partial charge is 0.435 e. The highest BCUT2D eigenvalue weighted by Gasteiger charge is 2.41. The van der Waals surface area contributed by atoms with Gasteiger partial charge in [0.25, 0.3) is 0 Å². The highest BCUT2D eigenvalue weighted by atomic mass is 127. The lowest BCUT2D eigenvalue weighted by atomic mass is 9.98. The van der Waals surface area contributed by atoms with E-state index in [9.17, 15) is 34.8 Å². The number of hydrogen-bond donors (Lipinski definition) is 2. The first kappa shape index (κ1) is 32.0. The Kier molecular flexibility index (Phi) is 9.05. The van der Waals surface area contributed by atoms with Gasteiger partial charge in [-0.05, 0) is 53.1 Å². The molecule has 1 unspecified atom stereocenters. The lowest BCUT2D eigenvalue weighted by Gasteiger charge is -2.30. The number of nitrogens with zero attached hydrogens (tertiary/aromatic N) is 4. The number of likely N-dealkylation sites (tertiary alicyclic amines) is 1. The normalized spacial score (nSPS) is 19.1. The van der Waals surface area contributed by atoms with E-state index in [-0.39, 0.29) is 28.6 Å². The van der Waals surface area contributed by atoms with Crippen molar-refractivity contribution < 1.29 is 38.9 Å². The maximum absolute atomic E-state index is 13.3. The van der Waals surface area contributed by atoms with E-state index in [0.717, 1.165) is 37.9 Å². The standard InChI is InChI=1S/C25H25F6IN6O3S2/c1-43(39,40)41-19-3-2-17(32)15-11-33-22(34-12-16(15)19)18-13-42-23(35-18)14-4-6-37(7-5-14)8-9-38-21(25(29,30)31)10-20(36-38)24(26,27)28/h2-3,8-10,13-14,22,33-34H,4-7,11-12H2,1H3. The van der Waals surface area contributed by atoms with Crippen molar-refractivity contribution in [2.24, 2.45) is 0 Å². The minimum atomic E-state index is -5.00. The number of hydrogen-bond acceptors (Lipinski definition) is 9. The lowest BCUT2D eigenvalue weighted by molar-refractivity contribution is -0.143. The average Bonchev–Trinajstić information content (AvgIpc) is 3.52. The summed E-state index contributed by atoms with van der Waals surface area (Å²) >= 11 is 3.69. The van der Waals surface area contributed by atoms with Crippen LogP contribution in [0, 0.1) is 3.57 Å². The first-order chi connectivity index (χ1) is 20.1. The molecule has 1 saturated heterocycles. The van der Waals surface area contributed by atoms with Gasteiger partial charge in [-0.2, -0.15) is 39.9 Å². The molecule has 2 aliphatic heterocycles. The van der Waals surface area contributed by atoms with Crippen LogP contribution in [-0.4, -0.2) is 47.4 Å². The second kappa shape index (κ2) is 12.2. The Morgan fingerprint density at radius 3 is 2.35 bits per heavy atom. The topological polar surface area (TPSA) is 101 Å². The number of benzene rings is 1. The van der Waals surface area contributed by atoms with Gasteiger partial charge in [-0.1, -0.05) is 0 Å². The molecule has 2 aromatic heterocycles. The van der Waals surface area contributed by atoms with E-state index in [1.54, 1.807) is 17.0 Å². The van der Waals surface area contributed by atoms with Crippen molar-refractivity contribution in [3.63, 3.8) is 0 Å². The summed E-state index contributed by atoms with van der Waals surface area (Å²) in [7, 11) is -3.70. The van der Waals surface area contributed by atoms with Crippen LogP contribution in [0.3, 0.4) is 0 Å². The summed E-state index contributed by atoms with van der Waals surface area (Å²) in [5.41, 5.74) is -0.662. The van der Waals surface area contributed by atoms with Crippen LogP contribution in [-0.2, 0) is 35.6 Å². The first-order valence-corrected chi connectivity index (χ1v) is 16.6. The van der Waals surface area contributed by atoms with Gasteiger partial charge in [0, 0.05) is 65.1 Å². The molecular formula is C25H25F6IN6O3S2. The second-order valence-electron chi connectivity index (χ2n) is 10.1. The zero-order chi connectivity index (χ0) is 31.2. The molecule has 1 atom stereocenters. The summed E-state index contributed by atoms with van der Waals surface area (Å²) in [6.07, 6.45) is -5.78. The quantitative estimate of drug-likeness (QED) is 0.193. The molecule has 1 fully saturated rings. The van der Waals surface area contributed by atoms with Gasteiger partial charge < -0.3 is 9.08 Å². The summed E-state index contributed by atoms with van der Waals surface area (Å²) < 4.78 is 108. The molecule has 0 bridgehead atoms. The first-order valence-electron chi connectivity index (χ1n) is 12.9. The molecule has 0 saturated carbocycles. The highest BCUT2D eigenvalue weighted by molar-refractivity contribution is 14.1. The van der Waals surface area contributed by atoms with E-state index >= 15 is 0 Å². The van der Waals surface area contributed by atoms with E-state index in [1.165, 1.54) is 17.5 Å². The Bertz CT molecular complexity index is 1610. The number of thiazole rings is 1. The van der Waals surface area contributed by atoms with Crippen LogP contribution < -0.4 is 14.8 Å². The van der Waals surface area contributed by atoms with Gasteiger partial charge in [0.05, 0.1) is 17.0 Å². The minimum absolute atomic E-state index is 0.00355. The van der Waals surface area contributed by atoms with Crippen LogP contribution in [0.15, 0.2) is 29.8 Å². The van der Waals surface area contributed by atoms with Gasteiger partial charge in [-0.15, -0.1) is 11.3 Å². The molecule has 0 amide bonds. The molecule has 0 aliphatic carbocycles. The zero-order valence-electron chi connectivity index (χ0n) is 22.3. The van der Waals surface area contributed by atoms with Gasteiger partial charge >= 0.3 is 22.5 Å². The molecule has 18 heteroatoms. The minimum Gasteiger partial charge on any atom is -0.382 e. The predicted octanol–water partition coefficient (Wildman–Crippen LogP) is 5.52. The van der Waals surface area contributed by atoms with E-state index in [4.69, 9.17) is 9.17 Å². The fraction of sp³-hybridized carbons (Fsp3) is 0.440. The van der Waals surface area contributed by atoms with Gasteiger partial charge in [-0.25, -0.2) is 9.67 Å². The third-order valence-electron chi connectivity index (χ3n) is 6.99. The number of rotatable bonds is 6. The fourth-order valence-corrected chi connectivity index (χ4v) is 7.09. The fourth-order valence-electron chi connectivity index (χ4n) is 4.89. The van der Waals surface area contributed by atoms with Crippen molar-refractivity contribution in [3.05, 3.63) is 66.6 Å². The molecule has 2 aliphatic rings. The Morgan fingerprint density at radius 1 is 1.05 bits per heavy atom. The maximum atomic E-state index is 13.3. The molecule has 234 valence electrons. The molecule has 1 aromatic carbocycles. The SMILES string of the molecule is CS(=O)(=O)Oc1ccc(I)c2c1CNC(c1csc(C3CCN(C=Cn4nc(C(F)(F)F)cc4C(F)(F)F)CC3)n1)NC2. The highest BCUT2D eigenvalue weighted by Crippen LogP contribution is 2.36. The Hall–Kier alpha value is -2.42. The maximum Gasteiger partial charge on any atom is 0.435 e. The van der Waals surface area contributed by atoms with Crippen LogP contribution in [0.25, 0.3) is 6.20 Å². The molecule has 4 heterocycles. The third kappa shape index (κ3) is 7.63. The van der Waals surface area contributed by atoms with Gasteiger partial charge in [-0.3, -0.25) is 10.6 Å². The van der Waals surface area contributed by atoms with Crippen LogP contribution in [0.4, 0.5) is 26.3 Å². The number of nitrogens with one attached hydrogen (secondary N) is 2. The number of aromatic nitrogens is 3. The van der Waals surface area contributed by atoms with E-state index in [1.807, 2.05) is 5.38 Å². The smallest absolute Gasteiger partial charge is 0.382 e. The van der Waals surface area contributed by atoms with Crippen molar-refractivity contribution in [1.29, 1.82) is 0 Å². The average molecular weight is 763 g/mol. The van der Waals surface area contributed by atoms with Gasteiger partial charge in [0.1, 0.15) is 17.6 Å². The van der Waals surface area contributed by atoms with Gasteiger partial charge in [0.2, 0.25) is 0 Å². The van der Waals surface area contributed by atoms with Crippen molar-refractivity contribution >= 4 is 50.2 Å². The lowest BCUT2D eigenvalue weighted by Crippen LogP contribution is -2.31. The Balaban J connectivity index is 1.21. The van der Waals surface area contributed by atoms with Crippen molar-refractivity contribution in [3.8, 4) is 5.75 Å². The van der Waals surface area contributed by atoms with E-state index in [0.29, 0.717) is 39.0 Å². The molecule has 9 nitrogen and oxygen atoms in total. The molecule has 0 spiro atoms. The summed E-state index contributed by atoms with van der Waals surface area (Å²) in [4.78, 5) is 6.57.